The number of alkyl halides is 3. The summed E-state index contributed by atoms with van der Waals surface area (Å²) < 4.78 is 46.1. The number of methoxy groups -OCH3 is 1. The van der Waals surface area contributed by atoms with E-state index in [9.17, 15) is 18.0 Å². The maximum atomic E-state index is 12.9. The highest BCUT2D eigenvalue weighted by Gasteiger charge is 2.33. The van der Waals surface area contributed by atoms with Gasteiger partial charge in [-0.05, 0) is 56.3 Å². The Morgan fingerprint density at radius 1 is 1.25 bits per heavy atom. The molecule has 3 N–H and O–H groups in total. The van der Waals surface area contributed by atoms with Crippen molar-refractivity contribution in [1.29, 1.82) is 0 Å². The molecule has 7 nitrogen and oxygen atoms in total. The second-order valence-corrected chi connectivity index (χ2v) is 7.99. The molecule has 3 aromatic rings. The Labute approximate surface area is 182 Å². The Morgan fingerprint density at radius 3 is 2.66 bits per heavy atom. The summed E-state index contributed by atoms with van der Waals surface area (Å²) in [5, 5.41) is 8.07. The van der Waals surface area contributed by atoms with Crippen molar-refractivity contribution >= 4 is 22.5 Å². The zero-order chi connectivity index (χ0) is 22.9. The van der Waals surface area contributed by atoms with Crippen LogP contribution >= 0.6 is 0 Å². The van der Waals surface area contributed by atoms with Crippen LogP contribution in [0, 0.1) is 5.92 Å². The van der Waals surface area contributed by atoms with Crippen molar-refractivity contribution in [2.75, 3.05) is 19.0 Å². The van der Waals surface area contributed by atoms with Gasteiger partial charge in [-0.25, -0.2) is 4.98 Å². The van der Waals surface area contributed by atoms with Crippen molar-refractivity contribution in [3.8, 4) is 5.75 Å². The van der Waals surface area contributed by atoms with E-state index in [1.54, 1.807) is 12.1 Å². The first kappa shape index (κ1) is 22.1. The Morgan fingerprint density at radius 2 is 2.00 bits per heavy atom. The second-order valence-electron chi connectivity index (χ2n) is 7.99. The average molecular weight is 447 g/mol. The second kappa shape index (κ2) is 8.78. The molecule has 1 saturated carbocycles. The first-order valence-corrected chi connectivity index (χ1v) is 10.4. The number of nitrogens with zero attached hydrogens (tertiary/aromatic N) is 3. The number of ether oxygens (including phenoxy) is 1. The highest BCUT2D eigenvalue weighted by Crippen LogP contribution is 2.35. The molecule has 0 radical (unpaired) electrons. The fraction of sp³-hybridized carbons (Fsp3) is 0.409. The summed E-state index contributed by atoms with van der Waals surface area (Å²) in [4.78, 5) is 16.0. The number of carbonyl (C=O) groups is 1. The normalized spacial score (nSPS) is 19.2. The van der Waals surface area contributed by atoms with Crippen molar-refractivity contribution < 1.29 is 22.7 Å². The Balaban J connectivity index is 1.58. The minimum Gasteiger partial charge on any atom is -0.494 e. The third-order valence-electron chi connectivity index (χ3n) is 5.89. The number of carbonyl (C=O) groups excluding carboxylic acids is 1. The molecule has 170 valence electrons. The highest BCUT2D eigenvalue weighted by atomic mass is 19.4. The fourth-order valence-electron chi connectivity index (χ4n) is 4.08. The van der Waals surface area contributed by atoms with Crippen LogP contribution in [-0.4, -0.2) is 34.3 Å². The van der Waals surface area contributed by atoms with Crippen LogP contribution in [0.3, 0.4) is 0 Å². The highest BCUT2D eigenvalue weighted by molar-refractivity contribution is 6.05. The summed E-state index contributed by atoms with van der Waals surface area (Å²) >= 11 is 0. The van der Waals surface area contributed by atoms with E-state index in [0.29, 0.717) is 29.4 Å². The van der Waals surface area contributed by atoms with Gasteiger partial charge in [0.25, 0.3) is 5.91 Å². The zero-order valence-electron chi connectivity index (χ0n) is 17.5. The van der Waals surface area contributed by atoms with Crippen molar-refractivity contribution in [3.63, 3.8) is 0 Å². The molecule has 0 unspecified atom stereocenters. The Bertz CT molecular complexity index is 1120. The van der Waals surface area contributed by atoms with E-state index < -0.39 is 17.8 Å². The van der Waals surface area contributed by atoms with Crippen LogP contribution in [0.15, 0.2) is 36.5 Å². The molecule has 10 heteroatoms. The monoisotopic (exact) mass is 447 g/mol. The van der Waals surface area contributed by atoms with E-state index in [0.717, 1.165) is 43.2 Å². The molecule has 1 amide bonds. The molecule has 1 aliphatic carbocycles. The molecular weight excluding hydrogens is 423 g/mol. The third-order valence-corrected chi connectivity index (χ3v) is 5.89. The maximum Gasteiger partial charge on any atom is 0.433 e. The number of nitrogens with one attached hydrogen (secondary N) is 1. The van der Waals surface area contributed by atoms with Gasteiger partial charge in [-0.1, -0.05) is 6.07 Å². The van der Waals surface area contributed by atoms with Gasteiger partial charge in [0.2, 0.25) is 0 Å². The smallest absolute Gasteiger partial charge is 0.433 e. The summed E-state index contributed by atoms with van der Waals surface area (Å²) in [5.74, 6) is 0.152. The van der Waals surface area contributed by atoms with Crippen LogP contribution in [0.25, 0.3) is 10.9 Å². The van der Waals surface area contributed by atoms with Crippen molar-refractivity contribution in [1.82, 2.24) is 14.8 Å². The number of halogens is 3. The van der Waals surface area contributed by atoms with Crippen molar-refractivity contribution in [3.05, 3.63) is 47.9 Å². The van der Waals surface area contributed by atoms with Gasteiger partial charge in [-0.15, -0.1) is 0 Å². The number of aromatic nitrogens is 3. The van der Waals surface area contributed by atoms with E-state index in [1.165, 1.54) is 13.2 Å². The van der Waals surface area contributed by atoms with Gasteiger partial charge < -0.3 is 15.8 Å². The minimum absolute atomic E-state index is 0.281. The molecule has 0 aliphatic heterocycles. The van der Waals surface area contributed by atoms with Gasteiger partial charge in [-0.2, -0.15) is 18.3 Å². The Kier molecular flexibility index (Phi) is 6.05. The van der Waals surface area contributed by atoms with Crippen LogP contribution in [-0.2, 0) is 6.18 Å². The lowest BCUT2D eigenvalue weighted by Gasteiger charge is -2.27. The molecule has 0 atom stereocenters. The standard InChI is InChI=1S/C22H24F3N5O2/c1-32-19-10-17-14(12-30(29-17)15-7-5-13(11-26)6-8-15)9-18(19)28-21(31)16-3-2-4-20(27-16)22(23,24)25/h2-4,9-10,12-13,15H,5-8,11,26H2,1H3,(H,28,31)/t13-,15-. The molecule has 0 bridgehead atoms. The number of benzene rings is 1. The molecule has 1 aliphatic rings. The van der Waals surface area contributed by atoms with Gasteiger partial charge in [0.05, 0.1) is 24.4 Å². The molecule has 0 spiro atoms. The van der Waals surface area contributed by atoms with Crippen LogP contribution < -0.4 is 15.8 Å². The van der Waals surface area contributed by atoms with Gasteiger partial charge in [0.1, 0.15) is 17.1 Å². The molecule has 32 heavy (non-hydrogen) atoms. The quantitative estimate of drug-likeness (QED) is 0.605. The number of amides is 1. The zero-order valence-corrected chi connectivity index (χ0v) is 17.5. The molecule has 4 rings (SSSR count). The van der Waals surface area contributed by atoms with Crippen LogP contribution in [0.4, 0.5) is 18.9 Å². The molecule has 2 heterocycles. The van der Waals surface area contributed by atoms with Gasteiger partial charge in [0.15, 0.2) is 0 Å². The minimum atomic E-state index is -4.63. The summed E-state index contributed by atoms with van der Waals surface area (Å²) in [5.41, 5.74) is 5.35. The van der Waals surface area contributed by atoms with E-state index in [4.69, 9.17) is 10.5 Å². The molecule has 2 aromatic heterocycles. The molecular formula is C22H24F3N5O2. The topological polar surface area (TPSA) is 95.1 Å². The number of anilines is 1. The van der Waals surface area contributed by atoms with Crippen molar-refractivity contribution in [2.45, 2.75) is 37.9 Å². The summed E-state index contributed by atoms with van der Waals surface area (Å²) in [6.45, 7) is 0.703. The molecule has 1 aromatic carbocycles. The molecule has 0 saturated heterocycles. The van der Waals surface area contributed by atoms with E-state index in [1.807, 2.05) is 10.9 Å². The van der Waals surface area contributed by atoms with Crippen LogP contribution in [0.2, 0.25) is 0 Å². The van der Waals surface area contributed by atoms with E-state index >= 15 is 0 Å². The van der Waals surface area contributed by atoms with Crippen molar-refractivity contribution in [2.24, 2.45) is 11.7 Å². The first-order chi connectivity index (χ1) is 15.3. The predicted molar refractivity (Wildman–Crippen MR) is 114 cm³/mol. The van der Waals surface area contributed by atoms with Crippen LogP contribution in [0.1, 0.15) is 47.9 Å². The maximum absolute atomic E-state index is 12.9. The fourth-order valence-corrected chi connectivity index (χ4v) is 4.08. The largest absolute Gasteiger partial charge is 0.494 e. The predicted octanol–water partition coefficient (Wildman–Crippen LogP) is 4.40. The summed E-state index contributed by atoms with van der Waals surface area (Å²) in [6, 6.07) is 6.88. The van der Waals surface area contributed by atoms with Crippen LogP contribution in [0.5, 0.6) is 5.75 Å². The number of hydrogen-bond acceptors (Lipinski definition) is 5. The lowest BCUT2D eigenvalue weighted by Crippen LogP contribution is -2.23. The van der Waals surface area contributed by atoms with E-state index in [2.05, 4.69) is 15.4 Å². The number of fused-ring (bicyclic) bond motifs is 1. The lowest BCUT2D eigenvalue weighted by molar-refractivity contribution is -0.141. The SMILES string of the molecule is COc1cc2nn([C@H]3CC[C@H](CN)CC3)cc2cc1NC(=O)c1cccc(C(F)(F)F)n1. The number of rotatable bonds is 5. The van der Waals surface area contributed by atoms with Gasteiger partial charge >= 0.3 is 6.18 Å². The summed E-state index contributed by atoms with van der Waals surface area (Å²) in [6.07, 6.45) is 1.40. The third kappa shape index (κ3) is 4.55. The van der Waals surface area contributed by atoms with E-state index in [-0.39, 0.29) is 11.7 Å². The lowest BCUT2D eigenvalue weighted by atomic mass is 9.86. The molecule has 1 fully saturated rings. The number of nitrogens with two attached hydrogens (primary N) is 1. The van der Waals surface area contributed by atoms with Gasteiger partial charge in [-0.3, -0.25) is 9.48 Å². The summed E-state index contributed by atoms with van der Waals surface area (Å²) in [7, 11) is 1.45. The average Bonchev–Trinajstić information content (AvgIpc) is 3.21. The Hall–Kier alpha value is -3.14. The number of pyridine rings is 1. The first-order valence-electron chi connectivity index (χ1n) is 10.4. The van der Waals surface area contributed by atoms with Gasteiger partial charge in [0, 0.05) is 17.6 Å². The number of hydrogen-bond donors (Lipinski definition) is 2.